The lowest BCUT2D eigenvalue weighted by Gasteiger charge is -2.32. The summed E-state index contributed by atoms with van der Waals surface area (Å²) in [6, 6.07) is 1.45. The van der Waals surface area contributed by atoms with E-state index in [1.165, 1.54) is 0 Å². The molecule has 2 rings (SSSR count). The summed E-state index contributed by atoms with van der Waals surface area (Å²) in [7, 11) is 1.59. The van der Waals surface area contributed by atoms with Crippen molar-refractivity contribution in [2.75, 3.05) is 26.7 Å². The summed E-state index contributed by atoms with van der Waals surface area (Å²) in [6.07, 6.45) is 3.38. The SMILES string of the molecule is CNC(=O)[C@H]1CN(C(=O)Cn2cccn2)CCN1. The predicted molar refractivity (Wildman–Crippen MR) is 64.7 cm³/mol. The van der Waals surface area contributed by atoms with E-state index in [0.717, 1.165) is 0 Å². The third kappa shape index (κ3) is 2.86. The van der Waals surface area contributed by atoms with Gasteiger partial charge in [-0.1, -0.05) is 0 Å². The van der Waals surface area contributed by atoms with Crippen LogP contribution in [0.1, 0.15) is 0 Å². The maximum atomic E-state index is 12.0. The number of rotatable bonds is 3. The van der Waals surface area contributed by atoms with Gasteiger partial charge in [-0.3, -0.25) is 14.3 Å². The van der Waals surface area contributed by atoms with Gasteiger partial charge in [-0.05, 0) is 6.07 Å². The van der Waals surface area contributed by atoms with Crippen molar-refractivity contribution in [3.63, 3.8) is 0 Å². The van der Waals surface area contributed by atoms with Gasteiger partial charge in [0.25, 0.3) is 0 Å². The summed E-state index contributed by atoms with van der Waals surface area (Å²) in [5, 5.41) is 9.66. The number of hydrogen-bond acceptors (Lipinski definition) is 4. The van der Waals surface area contributed by atoms with Gasteiger partial charge in [0.2, 0.25) is 11.8 Å². The third-order valence-electron chi connectivity index (χ3n) is 2.95. The van der Waals surface area contributed by atoms with E-state index in [-0.39, 0.29) is 24.4 Å². The van der Waals surface area contributed by atoms with E-state index in [9.17, 15) is 9.59 Å². The van der Waals surface area contributed by atoms with Gasteiger partial charge in [0.15, 0.2) is 0 Å². The molecule has 0 unspecified atom stereocenters. The van der Waals surface area contributed by atoms with Crippen molar-refractivity contribution in [2.24, 2.45) is 0 Å². The average Bonchev–Trinajstić information content (AvgIpc) is 2.90. The molecular weight excluding hydrogens is 234 g/mol. The first-order chi connectivity index (χ1) is 8.70. The fourth-order valence-electron chi connectivity index (χ4n) is 1.96. The Morgan fingerprint density at radius 1 is 1.56 bits per heavy atom. The number of nitrogens with zero attached hydrogens (tertiary/aromatic N) is 3. The fourth-order valence-corrected chi connectivity index (χ4v) is 1.96. The van der Waals surface area contributed by atoms with E-state index in [0.29, 0.717) is 19.6 Å². The minimum Gasteiger partial charge on any atom is -0.358 e. The largest absolute Gasteiger partial charge is 0.358 e. The smallest absolute Gasteiger partial charge is 0.244 e. The van der Waals surface area contributed by atoms with Crippen LogP contribution in [0.15, 0.2) is 18.5 Å². The number of carbonyl (C=O) groups excluding carboxylic acids is 2. The van der Waals surface area contributed by atoms with Gasteiger partial charge in [-0.15, -0.1) is 0 Å². The Labute approximate surface area is 105 Å². The highest BCUT2D eigenvalue weighted by molar-refractivity contribution is 5.83. The minimum absolute atomic E-state index is 0.0193. The molecule has 1 saturated heterocycles. The van der Waals surface area contributed by atoms with Crippen LogP contribution in [-0.2, 0) is 16.1 Å². The lowest BCUT2D eigenvalue weighted by Crippen LogP contribution is -2.58. The monoisotopic (exact) mass is 251 g/mol. The Morgan fingerprint density at radius 2 is 2.39 bits per heavy atom. The van der Waals surface area contributed by atoms with Crippen molar-refractivity contribution in [3.05, 3.63) is 18.5 Å². The summed E-state index contributed by atoms with van der Waals surface area (Å²) >= 11 is 0. The Bertz CT molecular complexity index is 417. The summed E-state index contributed by atoms with van der Waals surface area (Å²) in [5.41, 5.74) is 0. The number of piperazine rings is 1. The second-order valence-electron chi connectivity index (χ2n) is 4.16. The number of aromatic nitrogens is 2. The van der Waals surface area contributed by atoms with Crippen molar-refractivity contribution < 1.29 is 9.59 Å². The lowest BCUT2D eigenvalue weighted by atomic mass is 10.2. The molecule has 1 aliphatic heterocycles. The van der Waals surface area contributed by atoms with E-state index >= 15 is 0 Å². The molecule has 7 heteroatoms. The molecule has 1 atom stereocenters. The molecule has 7 nitrogen and oxygen atoms in total. The van der Waals surface area contributed by atoms with Crippen molar-refractivity contribution in [2.45, 2.75) is 12.6 Å². The summed E-state index contributed by atoms with van der Waals surface area (Å²) in [6.45, 7) is 1.86. The van der Waals surface area contributed by atoms with Gasteiger partial charge in [0.1, 0.15) is 12.6 Å². The number of nitrogens with one attached hydrogen (secondary N) is 2. The third-order valence-corrected chi connectivity index (χ3v) is 2.95. The van der Waals surface area contributed by atoms with E-state index in [4.69, 9.17) is 0 Å². The molecule has 0 saturated carbocycles. The molecule has 18 heavy (non-hydrogen) atoms. The summed E-state index contributed by atoms with van der Waals surface area (Å²) in [5.74, 6) is -0.110. The Balaban J connectivity index is 1.92. The first kappa shape index (κ1) is 12.6. The molecule has 0 aromatic carbocycles. The molecule has 98 valence electrons. The van der Waals surface area contributed by atoms with Crippen LogP contribution in [0, 0.1) is 0 Å². The topological polar surface area (TPSA) is 79.3 Å². The fraction of sp³-hybridized carbons (Fsp3) is 0.545. The van der Waals surface area contributed by atoms with Gasteiger partial charge >= 0.3 is 0 Å². The molecular formula is C11H17N5O2. The normalized spacial score (nSPS) is 19.6. The molecule has 1 aromatic rings. The molecule has 1 fully saturated rings. The zero-order valence-corrected chi connectivity index (χ0v) is 10.3. The van der Waals surface area contributed by atoms with E-state index in [1.54, 1.807) is 35.1 Å². The van der Waals surface area contributed by atoms with E-state index < -0.39 is 0 Å². The van der Waals surface area contributed by atoms with Crippen molar-refractivity contribution >= 4 is 11.8 Å². The number of hydrogen-bond donors (Lipinski definition) is 2. The Hall–Kier alpha value is -1.89. The Kier molecular flexibility index (Phi) is 3.93. The average molecular weight is 251 g/mol. The second-order valence-corrected chi connectivity index (χ2v) is 4.16. The predicted octanol–water partition coefficient (Wildman–Crippen LogP) is -1.57. The van der Waals surface area contributed by atoms with Crippen LogP contribution in [0.25, 0.3) is 0 Å². The molecule has 2 amide bonds. The van der Waals surface area contributed by atoms with Crippen molar-refractivity contribution in [3.8, 4) is 0 Å². The zero-order chi connectivity index (χ0) is 13.0. The van der Waals surface area contributed by atoms with Crippen LogP contribution in [-0.4, -0.2) is 59.2 Å². The van der Waals surface area contributed by atoms with Crippen LogP contribution in [0.4, 0.5) is 0 Å². The van der Waals surface area contributed by atoms with Crippen LogP contribution in [0.5, 0.6) is 0 Å². The molecule has 1 aliphatic rings. The van der Waals surface area contributed by atoms with E-state index in [2.05, 4.69) is 15.7 Å². The van der Waals surface area contributed by atoms with Gasteiger partial charge in [-0.25, -0.2) is 0 Å². The highest BCUT2D eigenvalue weighted by Crippen LogP contribution is 2.01. The van der Waals surface area contributed by atoms with Gasteiger partial charge < -0.3 is 15.5 Å². The van der Waals surface area contributed by atoms with Gasteiger partial charge in [0, 0.05) is 39.1 Å². The standard InChI is InChI=1S/C11H17N5O2/c1-12-11(18)9-7-15(6-4-13-9)10(17)8-16-5-2-3-14-16/h2-3,5,9,13H,4,6-8H2,1H3,(H,12,18)/t9-/m1/s1. The molecule has 2 heterocycles. The summed E-state index contributed by atoms with van der Waals surface area (Å²) < 4.78 is 1.58. The Morgan fingerprint density at radius 3 is 3.06 bits per heavy atom. The van der Waals surface area contributed by atoms with Crippen molar-refractivity contribution in [1.29, 1.82) is 0 Å². The quantitative estimate of drug-likeness (QED) is 0.680. The van der Waals surface area contributed by atoms with Gasteiger partial charge in [-0.2, -0.15) is 5.10 Å². The number of likely N-dealkylation sites (N-methyl/N-ethyl adjacent to an activating group) is 1. The molecule has 1 aromatic heterocycles. The molecule has 0 bridgehead atoms. The zero-order valence-electron chi connectivity index (χ0n) is 10.3. The highest BCUT2D eigenvalue weighted by Gasteiger charge is 2.27. The molecule has 0 aliphatic carbocycles. The highest BCUT2D eigenvalue weighted by atomic mass is 16.2. The molecule has 2 N–H and O–H groups in total. The van der Waals surface area contributed by atoms with Crippen LogP contribution < -0.4 is 10.6 Å². The number of amides is 2. The first-order valence-electron chi connectivity index (χ1n) is 5.91. The van der Waals surface area contributed by atoms with Crippen molar-refractivity contribution in [1.82, 2.24) is 25.3 Å². The molecule has 0 radical (unpaired) electrons. The maximum absolute atomic E-state index is 12.0. The minimum atomic E-state index is -0.328. The molecule has 0 spiro atoms. The van der Waals surface area contributed by atoms with Gasteiger partial charge in [0.05, 0.1) is 0 Å². The summed E-state index contributed by atoms with van der Waals surface area (Å²) in [4.78, 5) is 25.2. The second kappa shape index (κ2) is 5.63. The van der Waals surface area contributed by atoms with Crippen LogP contribution in [0.2, 0.25) is 0 Å². The van der Waals surface area contributed by atoms with Crippen LogP contribution >= 0.6 is 0 Å². The lowest BCUT2D eigenvalue weighted by molar-refractivity contribution is -0.134. The van der Waals surface area contributed by atoms with Crippen LogP contribution in [0.3, 0.4) is 0 Å². The maximum Gasteiger partial charge on any atom is 0.244 e. The first-order valence-corrected chi connectivity index (χ1v) is 5.91. The van der Waals surface area contributed by atoms with E-state index in [1.807, 2.05) is 0 Å². The number of carbonyl (C=O) groups is 2.